The molecule has 0 aliphatic rings. The van der Waals surface area contributed by atoms with Crippen LogP contribution in [-0.4, -0.2) is 31.4 Å². The minimum absolute atomic E-state index is 0.0566. The molecule has 1 aromatic carbocycles. The summed E-state index contributed by atoms with van der Waals surface area (Å²) in [6.45, 7) is 0.867. The third-order valence-electron chi connectivity index (χ3n) is 1.93. The van der Waals surface area contributed by atoms with E-state index in [1.807, 2.05) is 0 Å². The molecule has 0 atom stereocenters. The number of rotatable bonds is 6. The van der Waals surface area contributed by atoms with Crippen molar-refractivity contribution in [1.29, 1.82) is 0 Å². The molecule has 1 rings (SSSR count). The van der Waals surface area contributed by atoms with Gasteiger partial charge in [-0.1, -0.05) is 0 Å². The van der Waals surface area contributed by atoms with Crippen LogP contribution in [0.4, 0.5) is 4.39 Å². The molecule has 0 aliphatic carbocycles. The summed E-state index contributed by atoms with van der Waals surface area (Å²) in [5.74, 6) is -1.77. The Morgan fingerprint density at radius 2 is 2.19 bits per heavy atom. The molecular weight excluding hydrogens is 215 g/mol. The molecule has 0 aliphatic heterocycles. The lowest BCUT2D eigenvalue weighted by atomic mass is 10.2. The lowest BCUT2D eigenvalue weighted by Gasteiger charge is -2.07. The van der Waals surface area contributed by atoms with Crippen LogP contribution in [0, 0.1) is 5.82 Å². The molecule has 0 saturated carbocycles. The van der Waals surface area contributed by atoms with Gasteiger partial charge in [0.1, 0.15) is 0 Å². The van der Waals surface area contributed by atoms with Crippen molar-refractivity contribution in [3.05, 3.63) is 29.6 Å². The summed E-state index contributed by atoms with van der Waals surface area (Å²) in [6.07, 6.45) is 0.649. The lowest BCUT2D eigenvalue weighted by molar-refractivity contribution is 0.0696. The van der Waals surface area contributed by atoms with Crippen molar-refractivity contribution in [2.24, 2.45) is 0 Å². The summed E-state index contributed by atoms with van der Waals surface area (Å²) in [5, 5.41) is 8.62. The fourth-order valence-corrected chi connectivity index (χ4v) is 1.14. The van der Waals surface area contributed by atoms with Gasteiger partial charge in [-0.2, -0.15) is 0 Å². The van der Waals surface area contributed by atoms with E-state index < -0.39 is 11.8 Å². The van der Waals surface area contributed by atoms with Gasteiger partial charge in [-0.15, -0.1) is 0 Å². The number of halogens is 1. The molecule has 0 spiro atoms. The molecule has 1 N–H and O–H groups in total. The molecule has 16 heavy (non-hydrogen) atoms. The number of carbonyl (C=O) groups is 1. The second-order valence-corrected chi connectivity index (χ2v) is 3.15. The first-order valence-corrected chi connectivity index (χ1v) is 4.79. The Balaban J connectivity index is 2.57. The van der Waals surface area contributed by atoms with E-state index in [0.717, 1.165) is 6.07 Å². The summed E-state index contributed by atoms with van der Waals surface area (Å²) in [6, 6.07) is 3.55. The number of hydrogen-bond acceptors (Lipinski definition) is 3. The van der Waals surface area contributed by atoms with Gasteiger partial charge in [-0.05, 0) is 18.2 Å². The molecule has 0 saturated heterocycles. The Morgan fingerprint density at radius 3 is 2.75 bits per heavy atom. The van der Waals surface area contributed by atoms with E-state index in [9.17, 15) is 9.18 Å². The molecular formula is C11H13FO4. The maximum absolute atomic E-state index is 13.3. The first kappa shape index (κ1) is 12.4. The molecule has 4 nitrogen and oxygen atoms in total. The van der Waals surface area contributed by atoms with Gasteiger partial charge in [-0.25, -0.2) is 9.18 Å². The average molecular weight is 228 g/mol. The number of carboxylic acid groups (broad SMARTS) is 1. The number of carboxylic acids is 1. The Bertz CT molecular complexity index is 365. The fraction of sp³-hybridized carbons (Fsp3) is 0.364. The van der Waals surface area contributed by atoms with Gasteiger partial charge < -0.3 is 14.6 Å². The van der Waals surface area contributed by atoms with Crippen LogP contribution in [0.1, 0.15) is 16.8 Å². The van der Waals surface area contributed by atoms with Gasteiger partial charge in [0.15, 0.2) is 11.6 Å². The van der Waals surface area contributed by atoms with E-state index in [-0.39, 0.29) is 11.3 Å². The van der Waals surface area contributed by atoms with Gasteiger partial charge in [-0.3, -0.25) is 0 Å². The maximum atomic E-state index is 13.3. The second-order valence-electron chi connectivity index (χ2n) is 3.15. The van der Waals surface area contributed by atoms with Crippen LogP contribution >= 0.6 is 0 Å². The van der Waals surface area contributed by atoms with Gasteiger partial charge in [0.25, 0.3) is 0 Å². The Kier molecular flexibility index (Phi) is 4.72. The molecule has 5 heteroatoms. The van der Waals surface area contributed by atoms with Gasteiger partial charge in [0.05, 0.1) is 12.2 Å². The highest BCUT2D eigenvalue weighted by atomic mass is 19.1. The van der Waals surface area contributed by atoms with Crippen LogP contribution < -0.4 is 4.74 Å². The molecule has 0 aromatic heterocycles. The van der Waals surface area contributed by atoms with Crippen molar-refractivity contribution in [3.8, 4) is 5.75 Å². The van der Waals surface area contributed by atoms with Crippen LogP contribution in [0.15, 0.2) is 18.2 Å². The molecule has 0 unspecified atom stereocenters. The van der Waals surface area contributed by atoms with Crippen LogP contribution in [0.25, 0.3) is 0 Å². The smallest absolute Gasteiger partial charge is 0.335 e. The third-order valence-corrected chi connectivity index (χ3v) is 1.93. The molecule has 0 fully saturated rings. The Labute approximate surface area is 92.6 Å². The summed E-state index contributed by atoms with van der Waals surface area (Å²) in [4.78, 5) is 10.5. The zero-order valence-corrected chi connectivity index (χ0v) is 8.90. The standard InChI is InChI=1S/C11H13FO4/c1-15-5-2-6-16-10-4-3-8(11(13)14)7-9(10)12/h3-4,7H,2,5-6H2,1H3,(H,13,14). The largest absolute Gasteiger partial charge is 0.490 e. The first-order chi connectivity index (χ1) is 7.65. The summed E-state index contributed by atoms with van der Waals surface area (Å²) in [7, 11) is 1.57. The summed E-state index contributed by atoms with van der Waals surface area (Å²) >= 11 is 0. The summed E-state index contributed by atoms with van der Waals surface area (Å²) in [5.41, 5.74) is -0.0956. The van der Waals surface area contributed by atoms with Crippen LogP contribution in [-0.2, 0) is 4.74 Å². The number of aromatic carboxylic acids is 1. The third kappa shape index (κ3) is 3.51. The van der Waals surface area contributed by atoms with Crippen LogP contribution in [0.3, 0.4) is 0 Å². The number of methoxy groups -OCH3 is 1. The molecule has 0 heterocycles. The van der Waals surface area contributed by atoms with Crippen molar-refractivity contribution in [2.75, 3.05) is 20.3 Å². The number of hydrogen-bond donors (Lipinski definition) is 1. The van der Waals surface area contributed by atoms with Gasteiger partial charge in [0.2, 0.25) is 0 Å². The van der Waals surface area contributed by atoms with Gasteiger partial charge >= 0.3 is 5.97 Å². The van der Waals surface area contributed by atoms with E-state index in [1.165, 1.54) is 12.1 Å². The minimum Gasteiger partial charge on any atom is -0.490 e. The molecule has 0 bridgehead atoms. The van der Waals surface area contributed by atoms with Crippen molar-refractivity contribution < 1.29 is 23.8 Å². The molecule has 1 aromatic rings. The van der Waals surface area contributed by atoms with Crippen LogP contribution in [0.5, 0.6) is 5.75 Å². The quantitative estimate of drug-likeness (QED) is 0.756. The van der Waals surface area contributed by atoms with E-state index in [1.54, 1.807) is 7.11 Å². The topological polar surface area (TPSA) is 55.8 Å². The fourth-order valence-electron chi connectivity index (χ4n) is 1.14. The van der Waals surface area contributed by atoms with Crippen molar-refractivity contribution >= 4 is 5.97 Å². The van der Waals surface area contributed by atoms with Crippen molar-refractivity contribution in [3.63, 3.8) is 0 Å². The lowest BCUT2D eigenvalue weighted by Crippen LogP contribution is -2.04. The SMILES string of the molecule is COCCCOc1ccc(C(=O)O)cc1F. The van der Waals surface area contributed by atoms with E-state index in [0.29, 0.717) is 19.6 Å². The molecule has 0 radical (unpaired) electrons. The predicted molar refractivity (Wildman–Crippen MR) is 55.3 cm³/mol. The number of ether oxygens (including phenoxy) is 2. The van der Waals surface area contributed by atoms with Crippen molar-refractivity contribution in [1.82, 2.24) is 0 Å². The monoisotopic (exact) mass is 228 g/mol. The summed E-state index contributed by atoms with van der Waals surface area (Å²) < 4.78 is 23.2. The van der Waals surface area contributed by atoms with E-state index in [4.69, 9.17) is 14.6 Å². The average Bonchev–Trinajstić information content (AvgIpc) is 2.26. The molecule has 88 valence electrons. The Hall–Kier alpha value is -1.62. The van der Waals surface area contributed by atoms with Gasteiger partial charge in [0, 0.05) is 20.1 Å². The highest BCUT2D eigenvalue weighted by Gasteiger charge is 2.08. The highest BCUT2D eigenvalue weighted by Crippen LogP contribution is 2.18. The van der Waals surface area contributed by atoms with E-state index >= 15 is 0 Å². The van der Waals surface area contributed by atoms with E-state index in [2.05, 4.69) is 0 Å². The zero-order valence-electron chi connectivity index (χ0n) is 8.90. The zero-order chi connectivity index (χ0) is 12.0. The van der Waals surface area contributed by atoms with Crippen molar-refractivity contribution in [2.45, 2.75) is 6.42 Å². The minimum atomic E-state index is -1.16. The van der Waals surface area contributed by atoms with Crippen LogP contribution in [0.2, 0.25) is 0 Å². The normalized spacial score (nSPS) is 10.1. The highest BCUT2D eigenvalue weighted by molar-refractivity contribution is 5.87. The predicted octanol–water partition coefficient (Wildman–Crippen LogP) is 1.94. The Morgan fingerprint density at radius 1 is 1.44 bits per heavy atom. The first-order valence-electron chi connectivity index (χ1n) is 4.79. The second kappa shape index (κ2) is 6.07. The number of benzene rings is 1. The molecule has 0 amide bonds. The maximum Gasteiger partial charge on any atom is 0.335 e.